The summed E-state index contributed by atoms with van der Waals surface area (Å²) in [5, 5.41) is 0.323. The first kappa shape index (κ1) is 14.5. The van der Waals surface area contributed by atoms with E-state index in [4.69, 9.17) is 11.1 Å². The van der Waals surface area contributed by atoms with Crippen molar-refractivity contribution in [2.24, 2.45) is 11.8 Å². The summed E-state index contributed by atoms with van der Waals surface area (Å²) in [6, 6.07) is 2.49. The van der Waals surface area contributed by atoms with Crippen molar-refractivity contribution in [2.75, 3.05) is 0 Å². The van der Waals surface area contributed by atoms with Crippen LogP contribution in [0.3, 0.4) is 0 Å². The van der Waals surface area contributed by atoms with Gasteiger partial charge in [-0.3, -0.25) is 0 Å². The van der Waals surface area contributed by atoms with Crippen LogP contribution in [-0.4, -0.2) is 7.38 Å². The van der Waals surface area contributed by atoms with Gasteiger partial charge in [0.15, 0.2) is 7.38 Å². The Morgan fingerprint density at radius 1 is 0.929 bits per heavy atom. The van der Waals surface area contributed by atoms with E-state index in [1.807, 2.05) is 0 Å². The average Bonchev–Trinajstić information content (AvgIpc) is 1.78. The fraction of sp³-hybridized carbons (Fsp3) is 1.00. The van der Waals surface area contributed by atoms with Gasteiger partial charge in [0.1, 0.15) is 0 Å². The second-order valence-electron chi connectivity index (χ2n) is 6.41. The Morgan fingerprint density at radius 3 is 1.36 bits per heavy atom. The van der Waals surface area contributed by atoms with E-state index < -0.39 is 7.38 Å². The van der Waals surface area contributed by atoms with Crippen LogP contribution in [0.25, 0.3) is 0 Å². The van der Waals surface area contributed by atoms with Crippen LogP contribution in [0.4, 0.5) is 0 Å². The molecule has 0 rings (SSSR count). The molecular weight excluding hydrogens is 208 g/mol. The van der Waals surface area contributed by atoms with E-state index in [-0.39, 0.29) is 0 Å². The zero-order chi connectivity index (χ0) is 11.6. The Labute approximate surface area is 96.1 Å². The van der Waals surface area contributed by atoms with Gasteiger partial charge in [0.05, 0.1) is 0 Å². The number of hydrogen-bond donors (Lipinski definition) is 0. The normalized spacial score (nSPS) is 14.1. The predicted molar refractivity (Wildman–Crippen MR) is 70.6 cm³/mol. The molecular formula is C12H27ClSi. The number of hydrogen-bond acceptors (Lipinski definition) is 0. The van der Waals surface area contributed by atoms with Gasteiger partial charge in [0.25, 0.3) is 0 Å². The third-order valence-electron chi connectivity index (χ3n) is 2.81. The molecule has 0 aliphatic rings. The first-order chi connectivity index (χ1) is 6.08. The van der Waals surface area contributed by atoms with Crippen molar-refractivity contribution in [2.45, 2.75) is 65.6 Å². The molecule has 0 aliphatic heterocycles. The van der Waals surface area contributed by atoms with Crippen LogP contribution in [0.15, 0.2) is 0 Å². The van der Waals surface area contributed by atoms with Gasteiger partial charge in [-0.25, -0.2) is 0 Å². The Hall–Kier alpha value is 0.507. The van der Waals surface area contributed by atoms with Crippen molar-refractivity contribution in [1.29, 1.82) is 0 Å². The molecule has 0 aromatic heterocycles. The van der Waals surface area contributed by atoms with Gasteiger partial charge in [-0.2, -0.15) is 11.1 Å². The Balaban J connectivity index is 4.67. The summed E-state index contributed by atoms with van der Waals surface area (Å²) in [6.45, 7) is 16.1. The second-order valence-corrected chi connectivity index (χ2v) is 12.8. The van der Waals surface area contributed by atoms with Gasteiger partial charge in [-0.05, 0) is 29.0 Å². The van der Waals surface area contributed by atoms with Gasteiger partial charge in [0, 0.05) is 0 Å². The summed E-state index contributed by atoms with van der Waals surface area (Å²) >= 11 is 6.94. The third kappa shape index (κ3) is 4.35. The van der Waals surface area contributed by atoms with E-state index in [0.717, 1.165) is 11.8 Å². The highest BCUT2D eigenvalue weighted by Crippen LogP contribution is 2.47. The second kappa shape index (κ2) is 5.02. The van der Waals surface area contributed by atoms with Crippen LogP contribution >= 0.6 is 11.1 Å². The van der Waals surface area contributed by atoms with Gasteiger partial charge < -0.3 is 0 Å². The Morgan fingerprint density at radius 2 is 1.21 bits per heavy atom. The Kier molecular flexibility index (Phi) is 5.21. The molecule has 0 spiro atoms. The lowest BCUT2D eigenvalue weighted by Gasteiger charge is -2.40. The predicted octanol–water partition coefficient (Wildman–Crippen LogP) is 5.28. The molecule has 0 saturated heterocycles. The molecule has 0 N–H and O–H groups in total. The first-order valence-electron chi connectivity index (χ1n) is 5.77. The fourth-order valence-corrected chi connectivity index (χ4v) is 7.82. The summed E-state index contributed by atoms with van der Waals surface area (Å²) in [5.41, 5.74) is 0. The third-order valence-corrected chi connectivity index (χ3v) is 11.0. The summed E-state index contributed by atoms with van der Waals surface area (Å²) in [7, 11) is -1.60. The number of rotatable bonds is 4. The SMILES string of the molecule is CC(C)C[Si](Cl)(CC(C)C)C(C)(C)C. The van der Waals surface area contributed by atoms with Crippen LogP contribution in [0.2, 0.25) is 17.1 Å². The molecule has 0 saturated carbocycles. The largest absolute Gasteiger partial charge is 0.166 e. The van der Waals surface area contributed by atoms with Crippen molar-refractivity contribution in [3.05, 3.63) is 0 Å². The van der Waals surface area contributed by atoms with Crippen molar-refractivity contribution in [3.8, 4) is 0 Å². The summed E-state index contributed by atoms with van der Waals surface area (Å²) in [4.78, 5) is 0. The smallest absolute Gasteiger partial charge is 0.162 e. The van der Waals surface area contributed by atoms with E-state index in [1.54, 1.807) is 0 Å². The topological polar surface area (TPSA) is 0 Å². The summed E-state index contributed by atoms with van der Waals surface area (Å²) in [5.74, 6) is 1.47. The molecule has 2 heteroatoms. The molecule has 0 unspecified atom stereocenters. The highest BCUT2D eigenvalue weighted by atomic mass is 35.6. The quantitative estimate of drug-likeness (QED) is 0.459. The monoisotopic (exact) mass is 234 g/mol. The van der Waals surface area contributed by atoms with Gasteiger partial charge in [-0.15, -0.1) is 0 Å². The minimum atomic E-state index is -1.60. The van der Waals surface area contributed by atoms with Gasteiger partial charge >= 0.3 is 0 Å². The van der Waals surface area contributed by atoms with Crippen molar-refractivity contribution < 1.29 is 0 Å². The van der Waals surface area contributed by atoms with Crippen molar-refractivity contribution >= 4 is 18.5 Å². The summed E-state index contributed by atoms with van der Waals surface area (Å²) in [6.07, 6.45) is 0. The molecule has 0 aliphatic carbocycles. The molecule has 0 amide bonds. The van der Waals surface area contributed by atoms with Crippen LogP contribution < -0.4 is 0 Å². The van der Waals surface area contributed by atoms with Crippen LogP contribution in [-0.2, 0) is 0 Å². The minimum Gasteiger partial charge on any atom is -0.166 e. The lowest BCUT2D eigenvalue weighted by molar-refractivity contribution is 0.628. The van der Waals surface area contributed by atoms with E-state index in [9.17, 15) is 0 Å². The average molecular weight is 235 g/mol. The van der Waals surface area contributed by atoms with E-state index in [0.29, 0.717) is 5.04 Å². The molecule has 0 atom stereocenters. The standard InChI is InChI=1S/C12H27ClSi/c1-10(2)8-14(13,9-11(3)4)12(5,6)7/h10-11H,8-9H2,1-7H3. The molecule has 0 radical (unpaired) electrons. The first-order valence-corrected chi connectivity index (χ1v) is 9.20. The van der Waals surface area contributed by atoms with Crippen molar-refractivity contribution in [3.63, 3.8) is 0 Å². The molecule has 0 aromatic rings. The molecule has 86 valence electrons. The summed E-state index contributed by atoms with van der Waals surface area (Å²) < 4.78 is 0. The lowest BCUT2D eigenvalue weighted by Crippen LogP contribution is -2.40. The van der Waals surface area contributed by atoms with Crippen LogP contribution in [0, 0.1) is 11.8 Å². The molecule has 0 nitrogen and oxygen atoms in total. The highest BCUT2D eigenvalue weighted by molar-refractivity contribution is 7.21. The molecule has 0 heterocycles. The lowest BCUT2D eigenvalue weighted by atomic mass is 10.2. The molecule has 0 fully saturated rings. The van der Waals surface area contributed by atoms with Gasteiger partial charge in [0.2, 0.25) is 0 Å². The van der Waals surface area contributed by atoms with Crippen LogP contribution in [0.5, 0.6) is 0 Å². The number of halogens is 1. The van der Waals surface area contributed by atoms with Gasteiger partial charge in [-0.1, -0.05) is 48.5 Å². The minimum absolute atomic E-state index is 0.323. The fourth-order valence-electron chi connectivity index (χ4n) is 1.99. The van der Waals surface area contributed by atoms with Crippen LogP contribution in [0.1, 0.15) is 48.5 Å². The Bertz CT molecular complexity index is 158. The maximum Gasteiger partial charge on any atom is 0.162 e. The molecule has 0 aromatic carbocycles. The van der Waals surface area contributed by atoms with E-state index in [1.165, 1.54) is 12.1 Å². The van der Waals surface area contributed by atoms with Crippen molar-refractivity contribution in [1.82, 2.24) is 0 Å². The van der Waals surface area contributed by atoms with E-state index >= 15 is 0 Å². The molecule has 0 bridgehead atoms. The van der Waals surface area contributed by atoms with E-state index in [2.05, 4.69) is 48.5 Å². The maximum atomic E-state index is 6.94. The zero-order valence-electron chi connectivity index (χ0n) is 10.9. The molecule has 14 heavy (non-hydrogen) atoms. The maximum absolute atomic E-state index is 6.94. The zero-order valence-corrected chi connectivity index (χ0v) is 12.7. The highest BCUT2D eigenvalue weighted by Gasteiger charge is 2.43.